The first-order valence-electron chi connectivity index (χ1n) is 4.31. The molecule has 0 aliphatic heterocycles. The van der Waals surface area contributed by atoms with Crippen molar-refractivity contribution in [2.45, 2.75) is 4.43 Å². The summed E-state index contributed by atoms with van der Waals surface area (Å²) in [6.45, 7) is 0.458. The molecule has 0 spiro atoms. The van der Waals surface area contributed by atoms with Crippen molar-refractivity contribution in [3.63, 3.8) is 0 Å². The van der Waals surface area contributed by atoms with E-state index in [1.54, 1.807) is 12.1 Å². The van der Waals surface area contributed by atoms with E-state index in [4.69, 9.17) is 5.11 Å². The minimum atomic E-state index is -1.00. The van der Waals surface area contributed by atoms with Gasteiger partial charge in [0.1, 0.15) is 0 Å². The Hall–Kier alpha value is -0.650. The molecule has 1 rings (SSSR count). The van der Waals surface area contributed by atoms with Gasteiger partial charge in [-0.2, -0.15) is 0 Å². The van der Waals surface area contributed by atoms with Crippen LogP contribution in [0.25, 0.3) is 0 Å². The molecule has 78 valence electrons. The average Bonchev–Trinajstić information content (AvgIpc) is 2.18. The molecule has 0 amide bonds. The third-order valence-electron chi connectivity index (χ3n) is 1.82. The van der Waals surface area contributed by atoms with E-state index >= 15 is 0 Å². The first kappa shape index (κ1) is 11.4. The molecule has 0 saturated carbocycles. The summed E-state index contributed by atoms with van der Waals surface area (Å²) in [5.41, 5.74) is 1.25. The fourth-order valence-electron chi connectivity index (χ4n) is 1.09. The normalized spacial score (nSPS) is 11.1. The van der Waals surface area contributed by atoms with E-state index in [0.717, 1.165) is 8.86 Å². The molecular weight excluding hydrogens is 293 g/mol. The quantitative estimate of drug-likeness (QED) is 0.516. The Kier molecular flexibility index (Phi) is 4.86. The van der Waals surface area contributed by atoms with Gasteiger partial charge in [-0.3, -0.25) is 0 Å². The second-order valence-corrected chi connectivity index (χ2v) is 9.04. The van der Waals surface area contributed by atoms with Gasteiger partial charge in [0.25, 0.3) is 0 Å². The zero-order valence-electron chi connectivity index (χ0n) is 8.11. The predicted molar refractivity (Wildman–Crippen MR) is 67.3 cm³/mol. The molecule has 14 heavy (non-hydrogen) atoms. The van der Waals surface area contributed by atoms with Gasteiger partial charge in [-0.25, -0.2) is 0 Å². The third-order valence-corrected chi connectivity index (χ3v) is 6.32. The summed E-state index contributed by atoms with van der Waals surface area (Å²) in [5, 5.41) is 12.0. The van der Waals surface area contributed by atoms with Crippen LogP contribution in [-0.2, 0) is 4.43 Å². The third kappa shape index (κ3) is 4.04. The van der Waals surface area contributed by atoms with Gasteiger partial charge >= 0.3 is 90.9 Å². The maximum absolute atomic E-state index is 9.95. The number of benzene rings is 1. The van der Waals surface area contributed by atoms with Crippen molar-refractivity contribution in [2.75, 3.05) is 15.9 Å². The van der Waals surface area contributed by atoms with Gasteiger partial charge in [0.05, 0.1) is 0 Å². The van der Waals surface area contributed by atoms with Crippen molar-refractivity contribution < 1.29 is 5.11 Å². The van der Waals surface area contributed by atoms with Crippen molar-refractivity contribution in [1.82, 2.24) is 0 Å². The van der Waals surface area contributed by atoms with Gasteiger partial charge in [0.15, 0.2) is 0 Å². The summed E-state index contributed by atoms with van der Waals surface area (Å²) in [6.07, 6.45) is 0. The molecule has 1 aromatic carbocycles. The minimum absolute atomic E-state index is 0.305. The molecule has 1 aromatic rings. The van der Waals surface area contributed by atoms with E-state index in [1.165, 1.54) is 5.56 Å². The van der Waals surface area contributed by atoms with Gasteiger partial charge in [0, 0.05) is 0 Å². The fourth-order valence-corrected chi connectivity index (χ4v) is 4.51. The summed E-state index contributed by atoms with van der Waals surface area (Å²) in [7, 11) is 0. The van der Waals surface area contributed by atoms with Crippen molar-refractivity contribution in [2.24, 2.45) is 5.18 Å². The Labute approximate surface area is 90.9 Å². The number of halogens is 1. The molecular formula is C10H14INO2. The van der Waals surface area contributed by atoms with Crippen LogP contribution in [0.4, 0.5) is 0 Å². The predicted octanol–water partition coefficient (Wildman–Crippen LogP) is 2.79. The molecule has 0 atom stereocenters. The Morgan fingerprint density at radius 1 is 1.36 bits per heavy atom. The number of aromatic hydroxyl groups is 1. The van der Waals surface area contributed by atoms with E-state index < -0.39 is 19.8 Å². The summed E-state index contributed by atoms with van der Waals surface area (Å²) < 4.78 is 2.06. The second-order valence-electron chi connectivity index (χ2n) is 3.07. The summed E-state index contributed by atoms with van der Waals surface area (Å²) in [4.78, 5) is 12.2. The molecule has 4 heteroatoms. The van der Waals surface area contributed by atoms with Crippen LogP contribution in [0.2, 0.25) is 0 Å². The molecule has 1 N–H and O–H groups in total. The van der Waals surface area contributed by atoms with Crippen LogP contribution in [0, 0.1) is 4.91 Å². The number of phenols is 1. The summed E-state index contributed by atoms with van der Waals surface area (Å²) >= 11 is -1.00. The SMILES string of the molecule is CI(CCN=O)Cc1ccc(O)cc1. The molecule has 0 saturated heterocycles. The molecule has 0 aliphatic carbocycles. The number of nitrogens with zero attached hydrogens (tertiary/aromatic N) is 1. The van der Waals surface area contributed by atoms with Crippen LogP contribution >= 0.6 is 19.8 Å². The van der Waals surface area contributed by atoms with E-state index in [0.29, 0.717) is 12.3 Å². The van der Waals surface area contributed by atoms with Gasteiger partial charge in [-0.05, 0) is 0 Å². The number of nitroso groups, excluding NO2 is 1. The van der Waals surface area contributed by atoms with Gasteiger partial charge in [-0.1, -0.05) is 0 Å². The molecule has 0 aromatic heterocycles. The Morgan fingerprint density at radius 3 is 2.57 bits per heavy atom. The first-order valence-corrected chi connectivity index (χ1v) is 9.52. The van der Waals surface area contributed by atoms with Crippen molar-refractivity contribution in [3.8, 4) is 5.75 Å². The fraction of sp³-hybridized carbons (Fsp3) is 0.400. The van der Waals surface area contributed by atoms with Crippen molar-refractivity contribution in [1.29, 1.82) is 0 Å². The Morgan fingerprint density at radius 2 is 2.00 bits per heavy atom. The zero-order chi connectivity index (χ0) is 10.4. The molecule has 0 bridgehead atoms. The van der Waals surface area contributed by atoms with Crippen LogP contribution in [0.15, 0.2) is 29.4 Å². The molecule has 0 aliphatic rings. The standard InChI is InChI=1S/C10H14INO2/c1-11(6-7-12-14)8-9-2-4-10(13)5-3-9/h2-5,13H,6-8H2,1H3. The Bertz CT molecular complexity index is 287. The van der Waals surface area contributed by atoms with Crippen LogP contribution in [-0.4, -0.2) is 21.0 Å². The van der Waals surface area contributed by atoms with Gasteiger partial charge < -0.3 is 0 Å². The maximum atomic E-state index is 9.95. The molecule has 3 nitrogen and oxygen atoms in total. The summed E-state index contributed by atoms with van der Waals surface area (Å²) in [6, 6.07) is 7.30. The number of phenolic OH excluding ortho intramolecular Hbond substituents is 1. The van der Waals surface area contributed by atoms with Crippen LogP contribution in [0.1, 0.15) is 5.56 Å². The molecule has 0 radical (unpaired) electrons. The van der Waals surface area contributed by atoms with Gasteiger partial charge in [0.2, 0.25) is 0 Å². The van der Waals surface area contributed by atoms with E-state index in [-0.39, 0.29) is 0 Å². The number of rotatable bonds is 5. The first-order chi connectivity index (χ1) is 6.72. The van der Waals surface area contributed by atoms with Gasteiger partial charge in [-0.15, -0.1) is 0 Å². The molecule has 0 unspecified atom stereocenters. The van der Waals surface area contributed by atoms with Crippen LogP contribution < -0.4 is 0 Å². The van der Waals surface area contributed by atoms with Crippen molar-refractivity contribution in [3.05, 3.63) is 34.7 Å². The summed E-state index contributed by atoms with van der Waals surface area (Å²) in [5.74, 6) is 0.305. The topological polar surface area (TPSA) is 49.7 Å². The Balaban J connectivity index is 2.43. The number of hydrogen-bond donors (Lipinski definition) is 1. The molecule has 0 heterocycles. The second kappa shape index (κ2) is 5.95. The number of alkyl halides is 3. The van der Waals surface area contributed by atoms with E-state index in [2.05, 4.69) is 10.1 Å². The average molecular weight is 307 g/mol. The monoisotopic (exact) mass is 307 g/mol. The van der Waals surface area contributed by atoms with Crippen LogP contribution in [0.5, 0.6) is 5.75 Å². The van der Waals surface area contributed by atoms with Crippen LogP contribution in [0.3, 0.4) is 0 Å². The van der Waals surface area contributed by atoms with Crippen molar-refractivity contribution >= 4 is 19.8 Å². The number of hydrogen-bond acceptors (Lipinski definition) is 3. The van der Waals surface area contributed by atoms with E-state index in [1.807, 2.05) is 12.1 Å². The van der Waals surface area contributed by atoms with E-state index in [9.17, 15) is 4.91 Å². The zero-order valence-corrected chi connectivity index (χ0v) is 10.3. The molecule has 0 fully saturated rings.